The molecule has 1 spiro atoms. The Kier molecular flexibility index (Phi) is 2.29. The molecule has 0 aromatic heterocycles. The van der Waals surface area contributed by atoms with Crippen molar-refractivity contribution in [1.29, 1.82) is 0 Å². The van der Waals surface area contributed by atoms with Crippen molar-refractivity contribution in [3.63, 3.8) is 0 Å². The summed E-state index contributed by atoms with van der Waals surface area (Å²) in [7, 11) is 0. The number of fused-ring (bicyclic) bond motifs is 3. The highest BCUT2D eigenvalue weighted by Crippen LogP contribution is 2.70. The van der Waals surface area contributed by atoms with Crippen LogP contribution in [0.1, 0.15) is 46.5 Å². The standard InChI is InChI=1S/C16H22O4/c1-4-19-9-5-6-16(7-8-16)11-10(17)12-15(3,20-12)13(18)14(9,11)2/h9,11-12H,4-8H2,1-3H3/t9-,11-,12-,14-,15-/m0/s1. The van der Waals surface area contributed by atoms with Crippen LogP contribution in [-0.4, -0.2) is 36.0 Å². The number of ether oxygens (including phenoxy) is 2. The highest BCUT2D eigenvalue weighted by molar-refractivity contribution is 6.11. The Labute approximate surface area is 119 Å². The van der Waals surface area contributed by atoms with Gasteiger partial charge in [0.05, 0.1) is 11.5 Å². The lowest BCUT2D eigenvalue weighted by molar-refractivity contribution is -0.170. The minimum atomic E-state index is -0.870. The van der Waals surface area contributed by atoms with Gasteiger partial charge < -0.3 is 9.47 Å². The van der Waals surface area contributed by atoms with Crippen molar-refractivity contribution in [2.75, 3.05) is 6.61 Å². The van der Waals surface area contributed by atoms with Crippen LogP contribution in [0, 0.1) is 16.7 Å². The normalized spacial score (nSPS) is 51.6. The molecule has 3 aliphatic carbocycles. The van der Waals surface area contributed by atoms with Gasteiger partial charge in [0.1, 0.15) is 0 Å². The van der Waals surface area contributed by atoms with Gasteiger partial charge in [-0.25, -0.2) is 0 Å². The summed E-state index contributed by atoms with van der Waals surface area (Å²) < 4.78 is 11.4. The Morgan fingerprint density at radius 1 is 1.25 bits per heavy atom. The van der Waals surface area contributed by atoms with Gasteiger partial charge in [-0.3, -0.25) is 9.59 Å². The first-order valence-corrected chi connectivity index (χ1v) is 7.78. The van der Waals surface area contributed by atoms with Gasteiger partial charge in [-0.05, 0) is 51.9 Å². The SMILES string of the molecule is CCO[C@H]1CCC2(CC2)[C@H]2C(=O)[C@@H]3O[C@]3(C)C(=O)[C@@]12C. The first-order valence-electron chi connectivity index (χ1n) is 7.78. The average molecular weight is 278 g/mol. The number of ketones is 2. The van der Waals surface area contributed by atoms with Crippen LogP contribution in [0.5, 0.6) is 0 Å². The van der Waals surface area contributed by atoms with E-state index < -0.39 is 17.1 Å². The second-order valence-corrected chi connectivity index (χ2v) is 7.40. The zero-order valence-electron chi connectivity index (χ0n) is 12.4. The summed E-state index contributed by atoms with van der Waals surface area (Å²) in [5.74, 6) is 0.0777. The maximum Gasteiger partial charge on any atom is 0.176 e. The van der Waals surface area contributed by atoms with Crippen molar-refractivity contribution in [2.24, 2.45) is 16.7 Å². The molecule has 3 saturated carbocycles. The topological polar surface area (TPSA) is 55.9 Å². The molecule has 5 atom stereocenters. The summed E-state index contributed by atoms with van der Waals surface area (Å²) in [5.41, 5.74) is -1.49. The van der Waals surface area contributed by atoms with E-state index in [1.165, 1.54) is 0 Å². The number of hydrogen-bond acceptors (Lipinski definition) is 4. The summed E-state index contributed by atoms with van der Waals surface area (Å²) in [6.07, 6.45) is 3.44. The van der Waals surface area contributed by atoms with Crippen molar-refractivity contribution < 1.29 is 19.1 Å². The summed E-state index contributed by atoms with van der Waals surface area (Å²) >= 11 is 0. The highest BCUT2D eigenvalue weighted by atomic mass is 16.6. The van der Waals surface area contributed by atoms with Gasteiger partial charge in [-0.2, -0.15) is 0 Å². The molecule has 0 unspecified atom stereocenters. The molecule has 4 fully saturated rings. The van der Waals surface area contributed by atoms with Gasteiger partial charge >= 0.3 is 0 Å². The minimum absolute atomic E-state index is 0.0718. The molecule has 4 rings (SSSR count). The van der Waals surface area contributed by atoms with Gasteiger partial charge in [0.15, 0.2) is 23.3 Å². The molecule has 4 aliphatic rings. The average Bonchev–Trinajstić information content (AvgIpc) is 3.30. The van der Waals surface area contributed by atoms with Crippen LogP contribution in [0.3, 0.4) is 0 Å². The first-order chi connectivity index (χ1) is 9.40. The van der Waals surface area contributed by atoms with Crippen molar-refractivity contribution in [3.05, 3.63) is 0 Å². The summed E-state index contributed by atoms with van der Waals surface area (Å²) in [4.78, 5) is 25.9. The van der Waals surface area contributed by atoms with Crippen LogP contribution in [0.25, 0.3) is 0 Å². The fourth-order valence-corrected chi connectivity index (χ4v) is 5.12. The molecular formula is C16H22O4. The minimum Gasteiger partial charge on any atom is -0.377 e. The second-order valence-electron chi connectivity index (χ2n) is 7.40. The van der Waals surface area contributed by atoms with E-state index in [1.54, 1.807) is 6.92 Å². The third kappa shape index (κ3) is 1.26. The third-order valence-electron chi connectivity index (χ3n) is 6.33. The molecule has 1 heterocycles. The molecule has 0 amide bonds. The van der Waals surface area contributed by atoms with Crippen LogP contribution in [0.15, 0.2) is 0 Å². The largest absolute Gasteiger partial charge is 0.377 e. The lowest BCUT2D eigenvalue weighted by Crippen LogP contribution is -2.63. The lowest BCUT2D eigenvalue weighted by Gasteiger charge is -2.51. The Morgan fingerprint density at radius 2 is 1.95 bits per heavy atom. The molecule has 0 radical (unpaired) electrons. The van der Waals surface area contributed by atoms with Gasteiger partial charge in [-0.15, -0.1) is 0 Å². The number of carbonyl (C=O) groups is 2. The lowest BCUT2D eigenvalue weighted by atomic mass is 9.51. The number of hydrogen-bond donors (Lipinski definition) is 0. The predicted molar refractivity (Wildman–Crippen MR) is 71.2 cm³/mol. The van der Waals surface area contributed by atoms with E-state index in [2.05, 4.69) is 0 Å². The van der Waals surface area contributed by atoms with E-state index in [0.29, 0.717) is 6.61 Å². The van der Waals surface area contributed by atoms with Crippen molar-refractivity contribution in [2.45, 2.75) is 64.3 Å². The first kappa shape index (κ1) is 13.0. The second kappa shape index (κ2) is 3.53. The van der Waals surface area contributed by atoms with Crippen molar-refractivity contribution in [3.8, 4) is 0 Å². The molecule has 1 saturated heterocycles. The van der Waals surface area contributed by atoms with Gasteiger partial charge in [0.25, 0.3) is 0 Å². The van der Waals surface area contributed by atoms with Gasteiger partial charge in [-0.1, -0.05) is 0 Å². The molecular weight excluding hydrogens is 256 g/mol. The number of Topliss-reactive ketones (excluding diaryl/α,β-unsaturated/α-hetero) is 2. The van der Waals surface area contributed by atoms with Crippen LogP contribution in [0.2, 0.25) is 0 Å². The quantitative estimate of drug-likeness (QED) is 0.724. The van der Waals surface area contributed by atoms with Crippen LogP contribution in [-0.2, 0) is 19.1 Å². The predicted octanol–water partition coefficient (Wildman–Crippen LogP) is 1.90. The molecule has 4 heteroatoms. The van der Waals surface area contributed by atoms with Gasteiger partial charge in [0.2, 0.25) is 0 Å². The van der Waals surface area contributed by atoms with Crippen LogP contribution in [0.4, 0.5) is 0 Å². The monoisotopic (exact) mass is 278 g/mol. The zero-order valence-corrected chi connectivity index (χ0v) is 12.4. The fourth-order valence-electron chi connectivity index (χ4n) is 5.12. The molecule has 0 aromatic carbocycles. The fraction of sp³-hybridized carbons (Fsp3) is 0.875. The summed E-state index contributed by atoms with van der Waals surface area (Å²) in [6.45, 7) is 6.27. The molecule has 0 N–H and O–H groups in total. The van der Waals surface area contributed by atoms with Crippen molar-refractivity contribution >= 4 is 11.6 Å². The van der Waals surface area contributed by atoms with E-state index in [1.807, 2.05) is 13.8 Å². The number of carbonyl (C=O) groups excluding carboxylic acids is 2. The van der Waals surface area contributed by atoms with Gasteiger partial charge in [0, 0.05) is 12.5 Å². The van der Waals surface area contributed by atoms with E-state index >= 15 is 0 Å². The van der Waals surface area contributed by atoms with E-state index in [0.717, 1.165) is 25.7 Å². The van der Waals surface area contributed by atoms with Crippen LogP contribution < -0.4 is 0 Å². The van der Waals surface area contributed by atoms with E-state index in [-0.39, 0.29) is 29.0 Å². The number of rotatable bonds is 2. The molecule has 0 bridgehead atoms. The summed E-state index contributed by atoms with van der Waals surface area (Å²) in [6, 6.07) is 0. The molecule has 110 valence electrons. The Balaban J connectivity index is 1.82. The Hall–Kier alpha value is -0.740. The highest BCUT2D eigenvalue weighted by Gasteiger charge is 2.79. The Bertz CT molecular complexity index is 509. The van der Waals surface area contributed by atoms with Crippen molar-refractivity contribution in [1.82, 2.24) is 0 Å². The maximum absolute atomic E-state index is 13.0. The third-order valence-corrected chi connectivity index (χ3v) is 6.33. The molecule has 20 heavy (non-hydrogen) atoms. The van der Waals surface area contributed by atoms with E-state index in [9.17, 15) is 9.59 Å². The smallest absolute Gasteiger partial charge is 0.176 e. The zero-order chi connectivity index (χ0) is 14.3. The molecule has 4 nitrogen and oxygen atoms in total. The molecule has 1 aliphatic heterocycles. The summed E-state index contributed by atoms with van der Waals surface area (Å²) in [5, 5.41) is 0. The van der Waals surface area contributed by atoms with E-state index in [4.69, 9.17) is 9.47 Å². The Morgan fingerprint density at radius 3 is 2.55 bits per heavy atom. The van der Waals surface area contributed by atoms with Crippen LogP contribution >= 0.6 is 0 Å². The molecule has 0 aromatic rings. The maximum atomic E-state index is 13.0. The number of epoxide rings is 1.